The van der Waals surface area contributed by atoms with Crippen molar-refractivity contribution < 1.29 is 0 Å². The van der Waals surface area contributed by atoms with Gasteiger partial charge in [-0.1, -0.05) is 29.8 Å². The van der Waals surface area contributed by atoms with Gasteiger partial charge in [-0.15, -0.1) is 0 Å². The first-order chi connectivity index (χ1) is 9.52. The van der Waals surface area contributed by atoms with Crippen molar-refractivity contribution in [3.05, 3.63) is 63.1 Å². The van der Waals surface area contributed by atoms with Crippen molar-refractivity contribution in [3.63, 3.8) is 0 Å². The maximum absolute atomic E-state index is 6.07. The minimum absolute atomic E-state index is 0.230. The first-order valence-corrected chi connectivity index (χ1v) is 7.67. The highest BCUT2D eigenvalue weighted by Crippen LogP contribution is 2.32. The molecule has 2 aromatic rings. The van der Waals surface area contributed by atoms with Gasteiger partial charge in [0.25, 0.3) is 0 Å². The second-order valence-electron chi connectivity index (χ2n) is 4.83. The van der Waals surface area contributed by atoms with Crippen LogP contribution in [0, 0.1) is 0 Å². The van der Waals surface area contributed by atoms with E-state index < -0.39 is 0 Å². The van der Waals surface area contributed by atoms with Gasteiger partial charge in [0, 0.05) is 23.1 Å². The van der Waals surface area contributed by atoms with E-state index in [9.17, 15) is 0 Å². The Morgan fingerprint density at radius 2 is 2.00 bits per heavy atom. The fourth-order valence-corrected chi connectivity index (χ4v) is 3.07. The molecule has 1 atom stereocenters. The third-order valence-electron chi connectivity index (χ3n) is 3.54. The maximum Gasteiger partial charge on any atom is 0.0513 e. The molecular weight excluding hydrogens is 336 g/mol. The molecule has 0 aliphatic heterocycles. The lowest BCUT2D eigenvalue weighted by Crippen LogP contribution is -2.22. The normalized spacial score (nSPS) is 12.2. The number of anilines is 1. The zero-order valence-corrected chi connectivity index (χ0v) is 13.9. The Morgan fingerprint density at radius 1 is 1.25 bits per heavy atom. The van der Waals surface area contributed by atoms with Gasteiger partial charge in [0.05, 0.1) is 11.7 Å². The summed E-state index contributed by atoms with van der Waals surface area (Å²) in [5.74, 6) is 0. The quantitative estimate of drug-likeness (QED) is 0.858. The third-order valence-corrected chi connectivity index (χ3v) is 4.41. The summed E-state index contributed by atoms with van der Waals surface area (Å²) in [5, 5.41) is 0.764. The monoisotopic (exact) mass is 352 g/mol. The van der Waals surface area contributed by atoms with Gasteiger partial charge in [-0.2, -0.15) is 0 Å². The molecule has 0 spiro atoms. The highest BCUT2D eigenvalue weighted by atomic mass is 79.9. The first-order valence-electron chi connectivity index (χ1n) is 6.49. The van der Waals surface area contributed by atoms with Crippen molar-refractivity contribution in [2.24, 2.45) is 5.73 Å². The molecule has 2 aromatic carbocycles. The number of rotatable bonds is 4. The third kappa shape index (κ3) is 3.35. The molecular formula is C16H18BrClN2. The van der Waals surface area contributed by atoms with Crippen LogP contribution in [0.3, 0.4) is 0 Å². The molecule has 4 heteroatoms. The average Bonchev–Trinajstić information content (AvgIpc) is 2.45. The lowest BCUT2D eigenvalue weighted by atomic mass is 10.1. The predicted molar refractivity (Wildman–Crippen MR) is 90.3 cm³/mol. The lowest BCUT2D eigenvalue weighted by molar-refractivity contribution is 0.738. The molecule has 20 heavy (non-hydrogen) atoms. The molecule has 106 valence electrons. The van der Waals surface area contributed by atoms with Crippen LogP contribution in [0.5, 0.6) is 0 Å². The van der Waals surface area contributed by atoms with Gasteiger partial charge in [-0.25, -0.2) is 0 Å². The van der Waals surface area contributed by atoms with E-state index in [1.807, 2.05) is 18.2 Å². The summed E-state index contributed by atoms with van der Waals surface area (Å²) in [4.78, 5) is 2.22. The SMILES string of the molecule is CC(c1cccc(Cl)c1)N(C)c1ccc(CN)cc1Br. The van der Waals surface area contributed by atoms with E-state index in [2.05, 4.69) is 59.1 Å². The van der Waals surface area contributed by atoms with Crippen LogP contribution in [-0.4, -0.2) is 7.05 Å². The molecule has 0 bridgehead atoms. The standard InChI is InChI=1S/C16H18BrClN2/c1-11(13-4-3-5-14(18)9-13)20(2)16-7-6-12(10-19)8-15(16)17/h3-9,11H,10,19H2,1-2H3. The summed E-state index contributed by atoms with van der Waals surface area (Å²) in [6, 6.07) is 14.4. The van der Waals surface area contributed by atoms with Crippen molar-refractivity contribution in [1.82, 2.24) is 0 Å². The van der Waals surface area contributed by atoms with Crippen LogP contribution in [0.4, 0.5) is 5.69 Å². The molecule has 0 saturated carbocycles. The van der Waals surface area contributed by atoms with Crippen molar-refractivity contribution in [1.29, 1.82) is 0 Å². The summed E-state index contributed by atoms with van der Waals surface area (Å²) in [7, 11) is 2.08. The van der Waals surface area contributed by atoms with Crippen LogP contribution in [0.15, 0.2) is 46.9 Å². The topological polar surface area (TPSA) is 29.3 Å². The minimum Gasteiger partial charge on any atom is -0.367 e. The Labute approximate surface area is 133 Å². The minimum atomic E-state index is 0.230. The Morgan fingerprint density at radius 3 is 2.60 bits per heavy atom. The van der Waals surface area contributed by atoms with E-state index >= 15 is 0 Å². The number of hydrogen-bond donors (Lipinski definition) is 1. The van der Waals surface area contributed by atoms with Gasteiger partial charge in [-0.05, 0) is 58.2 Å². The molecule has 0 fully saturated rings. The van der Waals surface area contributed by atoms with Crippen LogP contribution >= 0.6 is 27.5 Å². The predicted octanol–water partition coefficient (Wildman–Crippen LogP) is 4.76. The van der Waals surface area contributed by atoms with Crippen molar-refractivity contribution in [2.75, 3.05) is 11.9 Å². The lowest BCUT2D eigenvalue weighted by Gasteiger charge is -2.28. The number of nitrogens with zero attached hydrogens (tertiary/aromatic N) is 1. The average molecular weight is 354 g/mol. The summed E-state index contributed by atoms with van der Waals surface area (Å²) in [5.41, 5.74) is 9.10. The number of hydrogen-bond acceptors (Lipinski definition) is 2. The van der Waals surface area contributed by atoms with E-state index in [0.29, 0.717) is 6.54 Å². The van der Waals surface area contributed by atoms with Gasteiger partial charge < -0.3 is 10.6 Å². The van der Waals surface area contributed by atoms with Gasteiger partial charge in [0.15, 0.2) is 0 Å². The highest BCUT2D eigenvalue weighted by Gasteiger charge is 2.15. The molecule has 0 aliphatic rings. The highest BCUT2D eigenvalue weighted by molar-refractivity contribution is 9.10. The second kappa shape index (κ2) is 6.61. The summed E-state index contributed by atoms with van der Waals surface area (Å²) >= 11 is 9.69. The van der Waals surface area contributed by atoms with Crippen molar-refractivity contribution >= 4 is 33.2 Å². The van der Waals surface area contributed by atoms with Gasteiger partial charge in [-0.3, -0.25) is 0 Å². The molecule has 0 aliphatic carbocycles. The number of benzene rings is 2. The zero-order chi connectivity index (χ0) is 14.7. The van der Waals surface area contributed by atoms with Crippen LogP contribution in [0.1, 0.15) is 24.1 Å². The molecule has 0 amide bonds. The van der Waals surface area contributed by atoms with E-state index in [1.165, 1.54) is 5.56 Å². The fourth-order valence-electron chi connectivity index (χ4n) is 2.16. The van der Waals surface area contributed by atoms with Crippen LogP contribution in [0.25, 0.3) is 0 Å². The smallest absolute Gasteiger partial charge is 0.0513 e. The molecule has 2 nitrogen and oxygen atoms in total. The second-order valence-corrected chi connectivity index (χ2v) is 6.12. The maximum atomic E-state index is 6.07. The number of halogens is 2. The van der Waals surface area contributed by atoms with Gasteiger partial charge in [0.1, 0.15) is 0 Å². The Balaban J connectivity index is 2.28. The first kappa shape index (κ1) is 15.4. The summed E-state index contributed by atoms with van der Waals surface area (Å²) in [6.45, 7) is 2.71. The summed E-state index contributed by atoms with van der Waals surface area (Å²) < 4.78 is 1.05. The van der Waals surface area contributed by atoms with E-state index in [1.54, 1.807) is 0 Å². The summed E-state index contributed by atoms with van der Waals surface area (Å²) in [6.07, 6.45) is 0. The Kier molecular flexibility index (Phi) is 5.08. The molecule has 0 radical (unpaired) electrons. The van der Waals surface area contributed by atoms with Crippen LogP contribution in [-0.2, 0) is 6.54 Å². The van der Waals surface area contributed by atoms with E-state index in [4.69, 9.17) is 17.3 Å². The largest absolute Gasteiger partial charge is 0.367 e. The number of nitrogens with two attached hydrogens (primary N) is 1. The fraction of sp³-hybridized carbons (Fsp3) is 0.250. The van der Waals surface area contributed by atoms with E-state index in [-0.39, 0.29) is 6.04 Å². The molecule has 2 rings (SSSR count). The zero-order valence-electron chi connectivity index (χ0n) is 11.6. The van der Waals surface area contributed by atoms with Crippen LogP contribution < -0.4 is 10.6 Å². The van der Waals surface area contributed by atoms with Crippen LogP contribution in [0.2, 0.25) is 5.02 Å². The Hall–Kier alpha value is -1.03. The van der Waals surface area contributed by atoms with Gasteiger partial charge >= 0.3 is 0 Å². The molecule has 0 heterocycles. The molecule has 0 saturated heterocycles. The molecule has 1 unspecified atom stereocenters. The van der Waals surface area contributed by atoms with E-state index in [0.717, 1.165) is 20.7 Å². The Bertz CT molecular complexity index is 601. The molecule has 2 N–H and O–H groups in total. The van der Waals surface area contributed by atoms with Crippen molar-refractivity contribution in [3.8, 4) is 0 Å². The van der Waals surface area contributed by atoms with Crippen molar-refractivity contribution in [2.45, 2.75) is 19.5 Å². The van der Waals surface area contributed by atoms with Gasteiger partial charge in [0.2, 0.25) is 0 Å². The molecule has 0 aromatic heterocycles.